The zero-order valence-corrected chi connectivity index (χ0v) is 7.23. The van der Waals surface area contributed by atoms with E-state index in [9.17, 15) is 18.0 Å². The zero-order chi connectivity index (χ0) is 10.9. The summed E-state index contributed by atoms with van der Waals surface area (Å²) in [7, 11) is 0. The smallest absolute Gasteiger partial charge is 0.418 e. The van der Waals surface area contributed by atoms with E-state index in [2.05, 4.69) is 4.98 Å². The molecule has 0 atom stereocenters. The second-order valence-corrected chi connectivity index (χ2v) is 2.75. The average molecular weight is 226 g/mol. The highest BCUT2D eigenvalue weighted by molar-refractivity contribution is 6.33. The highest BCUT2D eigenvalue weighted by Crippen LogP contribution is 2.33. The summed E-state index contributed by atoms with van der Waals surface area (Å²) in [5.74, 6) is -1.73. The van der Waals surface area contributed by atoms with Crippen molar-refractivity contribution in [3.8, 4) is 0 Å². The molecule has 3 nitrogen and oxygen atoms in total. The van der Waals surface area contributed by atoms with Crippen molar-refractivity contribution in [2.45, 2.75) is 6.18 Å². The summed E-state index contributed by atoms with van der Waals surface area (Å²) < 4.78 is 36.7. The number of aromatic nitrogens is 1. The van der Waals surface area contributed by atoms with Crippen molar-refractivity contribution in [3.63, 3.8) is 0 Å². The summed E-state index contributed by atoms with van der Waals surface area (Å²) in [5.41, 5.74) is -2.33. The number of hydrogen-bond donors (Lipinski definition) is 1. The molecule has 1 aromatic heterocycles. The summed E-state index contributed by atoms with van der Waals surface area (Å²) >= 11 is 5.29. The molecule has 1 rings (SSSR count). The van der Waals surface area contributed by atoms with Crippen molar-refractivity contribution in [3.05, 3.63) is 28.5 Å². The fourth-order valence-corrected chi connectivity index (χ4v) is 1.11. The summed E-state index contributed by atoms with van der Waals surface area (Å²) in [6.45, 7) is 0. The first-order valence-corrected chi connectivity index (χ1v) is 3.66. The van der Waals surface area contributed by atoms with Crippen LogP contribution in [0.4, 0.5) is 13.2 Å². The lowest BCUT2D eigenvalue weighted by Gasteiger charge is -2.09. The molecule has 0 saturated carbocycles. The maximum Gasteiger partial charge on any atom is 0.418 e. The van der Waals surface area contributed by atoms with Crippen LogP contribution in [0.2, 0.25) is 5.02 Å². The first kappa shape index (κ1) is 10.8. The molecule has 0 unspecified atom stereocenters. The van der Waals surface area contributed by atoms with Gasteiger partial charge < -0.3 is 5.11 Å². The molecule has 1 N–H and O–H groups in total. The Kier molecular flexibility index (Phi) is 2.66. The van der Waals surface area contributed by atoms with Gasteiger partial charge in [-0.3, -0.25) is 4.98 Å². The molecule has 0 bridgehead atoms. The fraction of sp³-hybridized carbons (Fsp3) is 0.143. The van der Waals surface area contributed by atoms with Crippen molar-refractivity contribution in [1.82, 2.24) is 4.98 Å². The predicted octanol–water partition coefficient (Wildman–Crippen LogP) is 2.45. The maximum atomic E-state index is 12.2. The van der Waals surface area contributed by atoms with Crippen molar-refractivity contribution in [2.24, 2.45) is 0 Å². The Morgan fingerprint density at radius 3 is 2.36 bits per heavy atom. The summed E-state index contributed by atoms with van der Waals surface area (Å²) in [6.07, 6.45) is -3.50. The lowest BCUT2D eigenvalue weighted by atomic mass is 10.1. The molecule has 1 aromatic rings. The molecule has 0 saturated heterocycles. The third-order valence-electron chi connectivity index (χ3n) is 1.42. The lowest BCUT2D eigenvalue weighted by molar-refractivity contribution is -0.138. The van der Waals surface area contributed by atoms with Crippen LogP contribution in [0.1, 0.15) is 15.9 Å². The molecule has 0 aromatic carbocycles. The quantitative estimate of drug-likeness (QED) is 0.799. The van der Waals surface area contributed by atoms with Gasteiger partial charge >= 0.3 is 12.1 Å². The van der Waals surface area contributed by atoms with Crippen LogP contribution in [-0.2, 0) is 6.18 Å². The minimum atomic E-state index is -4.77. The minimum Gasteiger partial charge on any atom is -0.478 e. The van der Waals surface area contributed by atoms with Crippen LogP contribution in [0, 0.1) is 0 Å². The van der Waals surface area contributed by atoms with Crippen molar-refractivity contribution < 1.29 is 23.1 Å². The van der Waals surface area contributed by atoms with E-state index in [1.165, 1.54) is 0 Å². The highest BCUT2D eigenvalue weighted by Gasteiger charge is 2.36. The Labute approximate surface area is 81.1 Å². The third-order valence-corrected chi connectivity index (χ3v) is 1.71. The SMILES string of the molecule is O=C(O)c1c(Cl)cncc1C(F)(F)F. The second-order valence-electron chi connectivity index (χ2n) is 2.35. The molecule has 0 amide bonds. The van der Waals surface area contributed by atoms with Gasteiger partial charge in [0.1, 0.15) is 0 Å². The molecule has 0 spiro atoms. The number of carboxylic acid groups (broad SMARTS) is 1. The van der Waals surface area contributed by atoms with Gasteiger partial charge in [0, 0.05) is 12.4 Å². The van der Waals surface area contributed by atoms with E-state index in [0.29, 0.717) is 6.20 Å². The van der Waals surface area contributed by atoms with Crippen LogP contribution in [-0.4, -0.2) is 16.1 Å². The highest BCUT2D eigenvalue weighted by atomic mass is 35.5. The van der Waals surface area contributed by atoms with Gasteiger partial charge in [0.05, 0.1) is 16.1 Å². The summed E-state index contributed by atoms with van der Waals surface area (Å²) in [4.78, 5) is 13.7. The first-order chi connectivity index (χ1) is 6.34. The van der Waals surface area contributed by atoms with Gasteiger partial charge in [-0.15, -0.1) is 0 Å². The summed E-state index contributed by atoms with van der Waals surface area (Å²) in [6, 6.07) is 0. The molecular weight excluding hydrogens is 223 g/mol. The molecule has 0 aliphatic rings. The Bertz CT molecular complexity index is 378. The largest absolute Gasteiger partial charge is 0.478 e. The number of pyridine rings is 1. The monoisotopic (exact) mass is 225 g/mol. The Balaban J connectivity index is 3.44. The van der Waals surface area contributed by atoms with E-state index in [1.54, 1.807) is 0 Å². The molecule has 0 aliphatic carbocycles. The molecule has 0 radical (unpaired) electrons. The molecule has 14 heavy (non-hydrogen) atoms. The standard InChI is InChI=1S/C7H3ClF3NO2/c8-4-2-12-1-3(7(9,10)11)5(4)6(13)14/h1-2H,(H,13,14). The lowest BCUT2D eigenvalue weighted by Crippen LogP contribution is -2.13. The predicted molar refractivity (Wildman–Crippen MR) is 41.2 cm³/mol. The van der Waals surface area contributed by atoms with E-state index < -0.39 is 28.3 Å². The topological polar surface area (TPSA) is 50.2 Å². The third kappa shape index (κ3) is 1.95. The van der Waals surface area contributed by atoms with E-state index in [4.69, 9.17) is 16.7 Å². The van der Waals surface area contributed by atoms with Gasteiger partial charge in [-0.05, 0) is 0 Å². The first-order valence-electron chi connectivity index (χ1n) is 3.28. The van der Waals surface area contributed by atoms with Crippen LogP contribution in [0.25, 0.3) is 0 Å². The summed E-state index contributed by atoms with van der Waals surface area (Å²) in [5, 5.41) is 7.96. The fourth-order valence-electron chi connectivity index (χ4n) is 0.867. The Morgan fingerprint density at radius 1 is 1.43 bits per heavy atom. The number of carboxylic acids is 1. The van der Waals surface area contributed by atoms with Gasteiger partial charge in [0.15, 0.2) is 0 Å². The molecule has 0 fully saturated rings. The normalized spacial score (nSPS) is 11.4. The van der Waals surface area contributed by atoms with E-state index in [1.807, 2.05) is 0 Å². The maximum absolute atomic E-state index is 12.2. The van der Waals surface area contributed by atoms with Gasteiger partial charge in [-0.25, -0.2) is 4.79 Å². The van der Waals surface area contributed by atoms with Crippen molar-refractivity contribution >= 4 is 17.6 Å². The molecular formula is C7H3ClF3NO2. The van der Waals surface area contributed by atoms with Crippen LogP contribution < -0.4 is 0 Å². The average Bonchev–Trinajstić information content (AvgIpc) is 2.01. The Morgan fingerprint density at radius 2 is 2.00 bits per heavy atom. The molecule has 0 aliphatic heterocycles. The minimum absolute atomic E-state index is 0.426. The van der Waals surface area contributed by atoms with Crippen molar-refractivity contribution in [2.75, 3.05) is 0 Å². The van der Waals surface area contributed by atoms with Gasteiger partial charge in [-0.1, -0.05) is 11.6 Å². The van der Waals surface area contributed by atoms with E-state index in [-0.39, 0.29) is 0 Å². The number of rotatable bonds is 1. The number of carbonyl (C=O) groups is 1. The van der Waals surface area contributed by atoms with Gasteiger partial charge in [0.25, 0.3) is 0 Å². The van der Waals surface area contributed by atoms with Crippen LogP contribution >= 0.6 is 11.6 Å². The number of nitrogens with zero attached hydrogens (tertiary/aromatic N) is 1. The zero-order valence-electron chi connectivity index (χ0n) is 6.47. The molecule has 76 valence electrons. The number of alkyl halides is 3. The molecule has 7 heteroatoms. The second kappa shape index (κ2) is 3.45. The van der Waals surface area contributed by atoms with E-state index >= 15 is 0 Å². The molecule has 1 heterocycles. The number of halogens is 4. The van der Waals surface area contributed by atoms with Gasteiger partial charge in [0.2, 0.25) is 0 Å². The number of aromatic carboxylic acids is 1. The van der Waals surface area contributed by atoms with Crippen LogP contribution in [0.5, 0.6) is 0 Å². The van der Waals surface area contributed by atoms with Crippen molar-refractivity contribution in [1.29, 1.82) is 0 Å². The van der Waals surface area contributed by atoms with Gasteiger partial charge in [-0.2, -0.15) is 13.2 Å². The Hall–Kier alpha value is -1.30. The van der Waals surface area contributed by atoms with Crippen LogP contribution in [0.15, 0.2) is 12.4 Å². The van der Waals surface area contributed by atoms with Crippen LogP contribution in [0.3, 0.4) is 0 Å². The van der Waals surface area contributed by atoms with E-state index in [0.717, 1.165) is 6.20 Å². The number of hydrogen-bond acceptors (Lipinski definition) is 2.